The van der Waals surface area contributed by atoms with E-state index in [1.807, 2.05) is 19.9 Å². The molecule has 1 N–H and O–H groups in total. The van der Waals surface area contributed by atoms with Gasteiger partial charge < -0.3 is 9.73 Å². The highest BCUT2D eigenvalue weighted by atomic mass is 79.9. The average Bonchev–Trinajstić information content (AvgIpc) is 2.60. The first-order valence-electron chi connectivity index (χ1n) is 4.80. The molecule has 0 bridgehead atoms. The van der Waals surface area contributed by atoms with Gasteiger partial charge in [-0.05, 0) is 29.8 Å². The summed E-state index contributed by atoms with van der Waals surface area (Å²) < 4.78 is 6.09. The lowest BCUT2D eigenvalue weighted by molar-refractivity contribution is 0.478. The molecule has 5 nitrogen and oxygen atoms in total. The normalized spacial score (nSPS) is 10.4. The lowest BCUT2D eigenvalue weighted by Crippen LogP contribution is -2.03. The number of aromatic nitrogens is 3. The molecule has 2 heterocycles. The number of rotatable bonds is 3. The van der Waals surface area contributed by atoms with Crippen molar-refractivity contribution in [2.24, 2.45) is 0 Å². The van der Waals surface area contributed by atoms with Crippen molar-refractivity contribution in [1.29, 1.82) is 0 Å². The van der Waals surface area contributed by atoms with Crippen molar-refractivity contribution in [2.75, 3.05) is 5.32 Å². The number of aryl methyl sites for hydroxylation is 2. The van der Waals surface area contributed by atoms with Crippen molar-refractivity contribution in [3.63, 3.8) is 0 Å². The van der Waals surface area contributed by atoms with E-state index in [2.05, 4.69) is 36.2 Å². The largest absolute Gasteiger partial charge is 0.444 e. The van der Waals surface area contributed by atoms with E-state index in [0.717, 1.165) is 16.2 Å². The van der Waals surface area contributed by atoms with E-state index in [4.69, 9.17) is 4.42 Å². The Morgan fingerprint density at radius 1 is 1.38 bits per heavy atom. The first kappa shape index (κ1) is 11.1. The quantitative estimate of drug-likeness (QED) is 0.876. The van der Waals surface area contributed by atoms with Gasteiger partial charge in [0.2, 0.25) is 5.89 Å². The molecule has 0 saturated carbocycles. The molecule has 6 heteroatoms. The van der Waals surface area contributed by atoms with Crippen LogP contribution in [0.15, 0.2) is 21.3 Å². The van der Waals surface area contributed by atoms with Gasteiger partial charge in [0.25, 0.3) is 0 Å². The predicted octanol–water partition coefficient (Wildman–Crippen LogP) is 2.46. The zero-order valence-corrected chi connectivity index (χ0v) is 10.6. The molecule has 16 heavy (non-hydrogen) atoms. The Hall–Kier alpha value is -1.43. The minimum Gasteiger partial charge on any atom is -0.444 e. The Kier molecular flexibility index (Phi) is 3.19. The molecule has 2 aromatic rings. The molecule has 0 saturated heterocycles. The standard InChI is InChI=1S/C10H11BrN4O/c1-6-4-13-10(16-6)5-12-9-3-8(11)14-7(2)15-9/h3-4H,5H2,1-2H3,(H,12,14,15). The van der Waals surface area contributed by atoms with Gasteiger partial charge in [-0.1, -0.05) is 0 Å². The SMILES string of the molecule is Cc1nc(Br)cc(NCc2ncc(C)o2)n1. The summed E-state index contributed by atoms with van der Waals surface area (Å²) in [5, 5.41) is 3.12. The fourth-order valence-corrected chi connectivity index (χ4v) is 1.74. The summed E-state index contributed by atoms with van der Waals surface area (Å²) in [6.45, 7) is 4.21. The molecule has 0 fully saturated rings. The Morgan fingerprint density at radius 2 is 2.19 bits per heavy atom. The molecular weight excluding hydrogens is 272 g/mol. The van der Waals surface area contributed by atoms with E-state index in [1.54, 1.807) is 6.20 Å². The van der Waals surface area contributed by atoms with Gasteiger partial charge in [0.1, 0.15) is 22.0 Å². The molecule has 84 valence electrons. The second-order valence-electron chi connectivity index (χ2n) is 3.34. The van der Waals surface area contributed by atoms with Gasteiger partial charge in [-0.3, -0.25) is 0 Å². The van der Waals surface area contributed by atoms with Crippen LogP contribution in [0.5, 0.6) is 0 Å². The molecule has 0 aliphatic heterocycles. The number of oxazole rings is 1. The number of nitrogens with zero attached hydrogens (tertiary/aromatic N) is 3. The van der Waals surface area contributed by atoms with Gasteiger partial charge in [0.05, 0.1) is 12.7 Å². The molecule has 0 atom stereocenters. The van der Waals surface area contributed by atoms with Gasteiger partial charge in [-0.2, -0.15) is 0 Å². The second-order valence-corrected chi connectivity index (χ2v) is 4.15. The van der Waals surface area contributed by atoms with Crippen LogP contribution in [0.2, 0.25) is 0 Å². The number of halogens is 1. The zero-order valence-electron chi connectivity index (χ0n) is 8.99. The lowest BCUT2D eigenvalue weighted by Gasteiger charge is -2.03. The highest BCUT2D eigenvalue weighted by Crippen LogP contribution is 2.13. The van der Waals surface area contributed by atoms with E-state index >= 15 is 0 Å². The van der Waals surface area contributed by atoms with E-state index in [-0.39, 0.29) is 0 Å². The molecule has 0 unspecified atom stereocenters. The van der Waals surface area contributed by atoms with Gasteiger partial charge in [0.15, 0.2) is 0 Å². The molecule has 0 aliphatic rings. The van der Waals surface area contributed by atoms with Gasteiger partial charge in [0, 0.05) is 6.07 Å². The topological polar surface area (TPSA) is 63.8 Å². The van der Waals surface area contributed by atoms with E-state index in [9.17, 15) is 0 Å². The van der Waals surface area contributed by atoms with Crippen molar-refractivity contribution in [3.8, 4) is 0 Å². The van der Waals surface area contributed by atoms with Crippen LogP contribution < -0.4 is 5.32 Å². The zero-order chi connectivity index (χ0) is 11.5. The maximum atomic E-state index is 5.34. The smallest absolute Gasteiger partial charge is 0.213 e. The Balaban J connectivity index is 2.04. The summed E-state index contributed by atoms with van der Waals surface area (Å²) in [5.74, 6) is 2.90. The van der Waals surface area contributed by atoms with Crippen LogP contribution in [0.3, 0.4) is 0 Å². The number of anilines is 1. The Morgan fingerprint density at radius 3 is 2.81 bits per heavy atom. The first-order chi connectivity index (χ1) is 7.63. The highest BCUT2D eigenvalue weighted by Gasteiger charge is 2.02. The van der Waals surface area contributed by atoms with Crippen LogP contribution in [0, 0.1) is 13.8 Å². The molecule has 2 rings (SSSR count). The average molecular weight is 283 g/mol. The molecule has 2 aromatic heterocycles. The van der Waals surface area contributed by atoms with Crippen molar-refractivity contribution in [1.82, 2.24) is 15.0 Å². The third kappa shape index (κ3) is 2.79. The summed E-state index contributed by atoms with van der Waals surface area (Å²) in [4.78, 5) is 12.4. The lowest BCUT2D eigenvalue weighted by atomic mass is 10.5. The molecular formula is C10H11BrN4O. The second kappa shape index (κ2) is 4.61. The molecule has 0 aliphatic carbocycles. The highest BCUT2D eigenvalue weighted by molar-refractivity contribution is 9.10. The van der Waals surface area contributed by atoms with Crippen LogP contribution in [0.4, 0.5) is 5.82 Å². The van der Waals surface area contributed by atoms with Crippen molar-refractivity contribution < 1.29 is 4.42 Å². The molecule has 0 aromatic carbocycles. The van der Waals surface area contributed by atoms with Crippen molar-refractivity contribution in [2.45, 2.75) is 20.4 Å². The summed E-state index contributed by atoms with van der Waals surface area (Å²) in [5.41, 5.74) is 0. The minimum atomic E-state index is 0.511. The first-order valence-corrected chi connectivity index (χ1v) is 5.59. The predicted molar refractivity (Wildman–Crippen MR) is 63.0 cm³/mol. The van der Waals surface area contributed by atoms with Crippen LogP contribution in [-0.4, -0.2) is 15.0 Å². The third-order valence-electron chi connectivity index (χ3n) is 1.90. The van der Waals surface area contributed by atoms with Crippen LogP contribution in [0.25, 0.3) is 0 Å². The summed E-state index contributed by atoms with van der Waals surface area (Å²) >= 11 is 3.31. The summed E-state index contributed by atoms with van der Waals surface area (Å²) in [6, 6.07) is 1.81. The fourth-order valence-electron chi connectivity index (χ4n) is 1.27. The minimum absolute atomic E-state index is 0.511. The van der Waals surface area contributed by atoms with E-state index in [1.165, 1.54) is 0 Å². The Labute approximate surface area is 101 Å². The fraction of sp³-hybridized carbons (Fsp3) is 0.300. The number of hydrogen-bond acceptors (Lipinski definition) is 5. The third-order valence-corrected chi connectivity index (χ3v) is 2.30. The number of nitrogens with one attached hydrogen (secondary N) is 1. The van der Waals surface area contributed by atoms with Crippen LogP contribution in [0.1, 0.15) is 17.5 Å². The van der Waals surface area contributed by atoms with Crippen LogP contribution >= 0.6 is 15.9 Å². The maximum absolute atomic E-state index is 5.34. The van der Waals surface area contributed by atoms with E-state index in [0.29, 0.717) is 18.3 Å². The molecule has 0 radical (unpaired) electrons. The van der Waals surface area contributed by atoms with Crippen molar-refractivity contribution in [3.05, 3.63) is 34.3 Å². The Bertz CT molecular complexity index is 477. The van der Waals surface area contributed by atoms with Gasteiger partial charge in [-0.25, -0.2) is 15.0 Å². The van der Waals surface area contributed by atoms with E-state index < -0.39 is 0 Å². The van der Waals surface area contributed by atoms with Gasteiger partial charge in [-0.15, -0.1) is 0 Å². The van der Waals surface area contributed by atoms with Crippen LogP contribution in [-0.2, 0) is 6.54 Å². The summed E-state index contributed by atoms with van der Waals surface area (Å²) in [6.07, 6.45) is 1.69. The van der Waals surface area contributed by atoms with Crippen molar-refractivity contribution >= 4 is 21.7 Å². The number of hydrogen-bond donors (Lipinski definition) is 1. The maximum Gasteiger partial charge on any atom is 0.213 e. The van der Waals surface area contributed by atoms with Gasteiger partial charge >= 0.3 is 0 Å². The molecule has 0 spiro atoms. The molecule has 0 amide bonds. The monoisotopic (exact) mass is 282 g/mol. The summed E-state index contributed by atoms with van der Waals surface area (Å²) in [7, 11) is 0.